The fourth-order valence-corrected chi connectivity index (χ4v) is 2.14. The summed E-state index contributed by atoms with van der Waals surface area (Å²) in [6, 6.07) is 11.7. The Labute approximate surface area is 129 Å². The van der Waals surface area contributed by atoms with Crippen molar-refractivity contribution in [2.75, 3.05) is 18.5 Å². The van der Waals surface area contributed by atoms with Gasteiger partial charge in [-0.25, -0.2) is 4.39 Å². The van der Waals surface area contributed by atoms with Crippen LogP contribution in [0, 0.1) is 12.7 Å². The number of carbonyl (C=O) groups excluding carboxylic acids is 1. The molecule has 1 amide bonds. The summed E-state index contributed by atoms with van der Waals surface area (Å²) in [5, 5.41) is 14.6. The van der Waals surface area contributed by atoms with E-state index >= 15 is 0 Å². The molecular formula is C17H19FN2O2. The fourth-order valence-electron chi connectivity index (χ4n) is 2.14. The highest BCUT2D eigenvalue weighted by molar-refractivity contribution is 5.97. The van der Waals surface area contributed by atoms with E-state index in [1.165, 1.54) is 12.1 Å². The van der Waals surface area contributed by atoms with Gasteiger partial charge in [0.15, 0.2) is 0 Å². The van der Waals surface area contributed by atoms with E-state index in [9.17, 15) is 9.18 Å². The molecule has 22 heavy (non-hydrogen) atoms. The third-order valence-corrected chi connectivity index (χ3v) is 3.37. The molecule has 0 spiro atoms. The molecule has 0 radical (unpaired) electrons. The van der Waals surface area contributed by atoms with E-state index in [4.69, 9.17) is 5.11 Å². The van der Waals surface area contributed by atoms with Crippen molar-refractivity contribution < 1.29 is 14.3 Å². The van der Waals surface area contributed by atoms with Gasteiger partial charge >= 0.3 is 0 Å². The van der Waals surface area contributed by atoms with E-state index in [0.717, 1.165) is 16.8 Å². The minimum absolute atomic E-state index is 0.0900. The van der Waals surface area contributed by atoms with Gasteiger partial charge in [-0.15, -0.1) is 0 Å². The summed E-state index contributed by atoms with van der Waals surface area (Å²) in [5.74, 6) is -0.473. The maximum Gasteiger partial charge on any atom is 0.251 e. The number of hydrogen-bond acceptors (Lipinski definition) is 3. The summed E-state index contributed by atoms with van der Waals surface area (Å²) in [7, 11) is 0. The first kappa shape index (κ1) is 16.0. The first-order chi connectivity index (χ1) is 10.6. The molecule has 2 rings (SSSR count). The van der Waals surface area contributed by atoms with Crippen LogP contribution in [0.2, 0.25) is 0 Å². The largest absolute Gasteiger partial charge is 0.395 e. The summed E-state index contributed by atoms with van der Waals surface area (Å²) in [5.41, 5.74) is 3.20. The molecule has 0 saturated heterocycles. The Morgan fingerprint density at radius 1 is 1.18 bits per heavy atom. The Kier molecular flexibility index (Phi) is 5.49. The predicted octanol–water partition coefficient (Wildman–Crippen LogP) is 2.47. The molecule has 0 aliphatic heterocycles. The molecule has 0 fully saturated rings. The number of halogens is 1. The number of amides is 1. The average molecular weight is 302 g/mol. The second kappa shape index (κ2) is 7.56. The lowest BCUT2D eigenvalue weighted by molar-refractivity contribution is 0.0944. The molecular weight excluding hydrogens is 283 g/mol. The summed E-state index contributed by atoms with van der Waals surface area (Å²) in [4.78, 5) is 12.0. The van der Waals surface area contributed by atoms with Crippen molar-refractivity contribution in [2.24, 2.45) is 0 Å². The van der Waals surface area contributed by atoms with E-state index in [-0.39, 0.29) is 24.9 Å². The van der Waals surface area contributed by atoms with Crippen molar-refractivity contribution >= 4 is 11.6 Å². The third-order valence-electron chi connectivity index (χ3n) is 3.37. The van der Waals surface area contributed by atoms with Gasteiger partial charge < -0.3 is 15.7 Å². The van der Waals surface area contributed by atoms with Crippen molar-refractivity contribution in [3.8, 4) is 0 Å². The van der Waals surface area contributed by atoms with Crippen LogP contribution in [0.15, 0.2) is 42.5 Å². The number of hydrogen-bond donors (Lipinski definition) is 3. The van der Waals surface area contributed by atoms with Crippen LogP contribution < -0.4 is 10.6 Å². The molecule has 116 valence electrons. The Bertz CT molecular complexity index is 642. The molecule has 0 aromatic heterocycles. The highest BCUT2D eigenvalue weighted by atomic mass is 19.1. The van der Waals surface area contributed by atoms with Gasteiger partial charge in [0.1, 0.15) is 5.82 Å². The maximum atomic E-state index is 12.9. The Balaban J connectivity index is 2.08. The molecule has 0 saturated carbocycles. The van der Waals surface area contributed by atoms with E-state index < -0.39 is 0 Å². The van der Waals surface area contributed by atoms with Gasteiger partial charge in [-0.3, -0.25) is 4.79 Å². The minimum Gasteiger partial charge on any atom is -0.395 e. The van der Waals surface area contributed by atoms with Crippen molar-refractivity contribution in [1.29, 1.82) is 0 Å². The molecule has 3 N–H and O–H groups in total. The van der Waals surface area contributed by atoms with Gasteiger partial charge in [0.05, 0.1) is 6.61 Å². The van der Waals surface area contributed by atoms with E-state index in [1.807, 2.05) is 13.0 Å². The average Bonchev–Trinajstić information content (AvgIpc) is 2.53. The zero-order valence-electron chi connectivity index (χ0n) is 12.4. The lowest BCUT2D eigenvalue weighted by atomic mass is 10.1. The van der Waals surface area contributed by atoms with Crippen LogP contribution in [0.1, 0.15) is 21.5 Å². The van der Waals surface area contributed by atoms with Crippen LogP contribution in [-0.4, -0.2) is 24.2 Å². The number of nitrogens with one attached hydrogen (secondary N) is 2. The van der Waals surface area contributed by atoms with Crippen LogP contribution in [0.5, 0.6) is 0 Å². The number of aliphatic hydroxyl groups is 1. The summed E-state index contributed by atoms with van der Waals surface area (Å²) in [6.45, 7) is 2.54. The van der Waals surface area contributed by atoms with Crippen LogP contribution in [0.3, 0.4) is 0 Å². The zero-order valence-corrected chi connectivity index (χ0v) is 12.4. The quantitative estimate of drug-likeness (QED) is 0.768. The van der Waals surface area contributed by atoms with Crippen LogP contribution in [0.25, 0.3) is 0 Å². The molecule has 0 aliphatic carbocycles. The van der Waals surface area contributed by atoms with Crippen molar-refractivity contribution in [3.63, 3.8) is 0 Å². The molecule has 0 atom stereocenters. The normalized spacial score (nSPS) is 10.3. The highest BCUT2D eigenvalue weighted by Crippen LogP contribution is 2.20. The number of aliphatic hydroxyl groups excluding tert-OH is 1. The van der Waals surface area contributed by atoms with Crippen molar-refractivity contribution in [3.05, 3.63) is 65.0 Å². The smallest absolute Gasteiger partial charge is 0.251 e. The second-order valence-corrected chi connectivity index (χ2v) is 4.94. The molecule has 2 aromatic carbocycles. The first-order valence-electron chi connectivity index (χ1n) is 7.09. The molecule has 0 bridgehead atoms. The Hall–Kier alpha value is -2.40. The van der Waals surface area contributed by atoms with Gasteiger partial charge in [-0.1, -0.05) is 18.2 Å². The minimum atomic E-state index is -0.262. The van der Waals surface area contributed by atoms with Crippen molar-refractivity contribution in [1.82, 2.24) is 5.32 Å². The number of rotatable bonds is 6. The second-order valence-electron chi connectivity index (χ2n) is 4.94. The fraction of sp³-hybridized carbons (Fsp3) is 0.235. The van der Waals surface area contributed by atoms with E-state index in [0.29, 0.717) is 12.1 Å². The molecule has 5 heteroatoms. The van der Waals surface area contributed by atoms with Crippen LogP contribution in [0.4, 0.5) is 10.1 Å². The lowest BCUT2D eigenvalue weighted by Crippen LogP contribution is -2.27. The number of carbonyl (C=O) groups is 1. The van der Waals surface area contributed by atoms with Crippen LogP contribution in [-0.2, 0) is 6.54 Å². The van der Waals surface area contributed by atoms with Gasteiger partial charge in [0.25, 0.3) is 5.91 Å². The molecule has 0 aliphatic rings. The monoisotopic (exact) mass is 302 g/mol. The van der Waals surface area contributed by atoms with E-state index in [1.54, 1.807) is 24.3 Å². The Morgan fingerprint density at radius 2 is 1.91 bits per heavy atom. The lowest BCUT2D eigenvalue weighted by Gasteiger charge is -2.13. The van der Waals surface area contributed by atoms with Gasteiger partial charge in [0.2, 0.25) is 0 Å². The van der Waals surface area contributed by atoms with Crippen LogP contribution >= 0.6 is 0 Å². The number of benzene rings is 2. The van der Waals surface area contributed by atoms with Crippen molar-refractivity contribution in [2.45, 2.75) is 13.5 Å². The summed E-state index contributed by atoms with van der Waals surface area (Å²) >= 11 is 0. The summed E-state index contributed by atoms with van der Waals surface area (Å²) < 4.78 is 12.9. The zero-order chi connectivity index (χ0) is 15.9. The molecule has 2 aromatic rings. The third kappa shape index (κ3) is 4.05. The first-order valence-corrected chi connectivity index (χ1v) is 7.09. The number of anilines is 1. The predicted molar refractivity (Wildman–Crippen MR) is 84.3 cm³/mol. The maximum absolute atomic E-state index is 12.9. The molecule has 0 heterocycles. The van der Waals surface area contributed by atoms with Gasteiger partial charge in [-0.05, 0) is 42.3 Å². The molecule has 4 nitrogen and oxygen atoms in total. The summed E-state index contributed by atoms with van der Waals surface area (Å²) in [6.07, 6.45) is 0. The molecule has 0 unspecified atom stereocenters. The SMILES string of the molecule is Cc1c(NCc2ccc(F)cc2)cccc1C(=O)NCCO. The van der Waals surface area contributed by atoms with Gasteiger partial charge in [0, 0.05) is 24.3 Å². The van der Waals surface area contributed by atoms with Gasteiger partial charge in [-0.2, -0.15) is 0 Å². The Morgan fingerprint density at radius 3 is 2.59 bits per heavy atom. The topological polar surface area (TPSA) is 61.4 Å². The van der Waals surface area contributed by atoms with E-state index in [2.05, 4.69) is 10.6 Å². The standard InChI is InChI=1S/C17H19FN2O2/c1-12-15(17(22)19-9-10-21)3-2-4-16(12)20-11-13-5-7-14(18)8-6-13/h2-8,20-21H,9-11H2,1H3,(H,19,22). The highest BCUT2D eigenvalue weighted by Gasteiger charge is 2.10.